The van der Waals surface area contributed by atoms with E-state index in [1.807, 2.05) is 60.7 Å². The van der Waals surface area contributed by atoms with Crippen LogP contribution in [0, 0.1) is 0 Å². The Morgan fingerprint density at radius 1 is 1.00 bits per heavy atom. The Morgan fingerprint density at radius 2 is 1.70 bits per heavy atom. The first kappa shape index (κ1) is 13.6. The standard InChI is InChI=1S/C18H14N2O3/c21-18-15(16(20-23-18)13-9-5-2-6-10-13)17-19-11-14(22-17)12-7-3-1-4-8-12/h1-10,14,20H,11H2. The molecule has 2 aromatic carbocycles. The summed E-state index contributed by atoms with van der Waals surface area (Å²) in [6.45, 7) is 0.484. The molecule has 0 bridgehead atoms. The van der Waals surface area contributed by atoms with Gasteiger partial charge in [-0.2, -0.15) is 0 Å². The average molecular weight is 306 g/mol. The number of nitrogens with zero attached hydrogens (tertiary/aromatic N) is 1. The smallest absolute Gasteiger partial charge is 0.370 e. The van der Waals surface area contributed by atoms with Crippen LogP contribution in [-0.2, 0) is 4.74 Å². The van der Waals surface area contributed by atoms with Gasteiger partial charge in [-0.15, -0.1) is 0 Å². The minimum absolute atomic E-state index is 0.177. The van der Waals surface area contributed by atoms with Gasteiger partial charge in [0.05, 0.1) is 12.2 Å². The first-order valence-electron chi connectivity index (χ1n) is 7.36. The van der Waals surface area contributed by atoms with Gasteiger partial charge in [-0.3, -0.25) is 0 Å². The number of ether oxygens (including phenoxy) is 1. The van der Waals surface area contributed by atoms with Crippen LogP contribution in [0.2, 0.25) is 0 Å². The van der Waals surface area contributed by atoms with Crippen molar-refractivity contribution in [1.82, 2.24) is 5.16 Å². The highest BCUT2D eigenvalue weighted by molar-refractivity contribution is 6.00. The predicted molar refractivity (Wildman–Crippen MR) is 86.4 cm³/mol. The summed E-state index contributed by atoms with van der Waals surface area (Å²) in [5.74, 6) is 0.327. The summed E-state index contributed by atoms with van der Waals surface area (Å²) < 4.78 is 10.9. The van der Waals surface area contributed by atoms with Crippen molar-refractivity contribution >= 4 is 5.90 Å². The SMILES string of the molecule is O=c1o[nH]c(-c2ccccc2)c1C1=NCC(c2ccccc2)O1. The number of nitrogens with one attached hydrogen (secondary N) is 1. The van der Waals surface area contributed by atoms with Gasteiger partial charge in [0.15, 0.2) is 5.56 Å². The van der Waals surface area contributed by atoms with Crippen LogP contribution in [0.1, 0.15) is 17.2 Å². The lowest BCUT2D eigenvalue weighted by Crippen LogP contribution is -2.13. The molecular formula is C18H14N2O3. The van der Waals surface area contributed by atoms with Crippen LogP contribution < -0.4 is 5.63 Å². The van der Waals surface area contributed by atoms with Crippen molar-refractivity contribution in [2.24, 2.45) is 4.99 Å². The summed E-state index contributed by atoms with van der Waals surface area (Å²) in [5.41, 5.74) is 2.34. The summed E-state index contributed by atoms with van der Waals surface area (Å²) in [7, 11) is 0. The molecule has 0 spiro atoms. The number of aromatic amines is 1. The minimum Gasteiger partial charge on any atom is -0.467 e. The fraction of sp³-hybridized carbons (Fsp3) is 0.111. The van der Waals surface area contributed by atoms with Gasteiger partial charge in [0.25, 0.3) is 0 Å². The van der Waals surface area contributed by atoms with Gasteiger partial charge in [-0.05, 0) is 5.56 Å². The van der Waals surface area contributed by atoms with Gasteiger partial charge in [0, 0.05) is 5.56 Å². The summed E-state index contributed by atoms with van der Waals surface area (Å²) in [6.07, 6.45) is -0.177. The molecule has 0 saturated heterocycles. The van der Waals surface area contributed by atoms with E-state index in [2.05, 4.69) is 10.1 Å². The molecule has 1 N–H and O–H groups in total. The maximum atomic E-state index is 12.1. The molecular weight excluding hydrogens is 292 g/mol. The molecule has 23 heavy (non-hydrogen) atoms. The van der Waals surface area contributed by atoms with E-state index in [0.717, 1.165) is 11.1 Å². The number of aromatic nitrogens is 1. The summed E-state index contributed by atoms with van der Waals surface area (Å²) in [5, 5.41) is 2.67. The van der Waals surface area contributed by atoms with Gasteiger partial charge >= 0.3 is 5.63 Å². The highest BCUT2D eigenvalue weighted by Crippen LogP contribution is 2.27. The fourth-order valence-electron chi connectivity index (χ4n) is 2.66. The van der Waals surface area contributed by atoms with Crippen molar-refractivity contribution in [2.75, 3.05) is 6.54 Å². The molecule has 1 unspecified atom stereocenters. The monoisotopic (exact) mass is 306 g/mol. The zero-order valence-electron chi connectivity index (χ0n) is 12.2. The quantitative estimate of drug-likeness (QED) is 0.808. The molecule has 5 heteroatoms. The van der Waals surface area contributed by atoms with Crippen molar-refractivity contribution in [3.05, 3.63) is 82.2 Å². The Bertz CT molecular complexity index is 895. The Balaban J connectivity index is 1.68. The van der Waals surface area contributed by atoms with E-state index < -0.39 is 5.63 Å². The lowest BCUT2D eigenvalue weighted by molar-refractivity contribution is 0.230. The lowest BCUT2D eigenvalue weighted by atomic mass is 10.1. The Kier molecular flexibility index (Phi) is 3.31. The van der Waals surface area contributed by atoms with Crippen molar-refractivity contribution in [3.63, 3.8) is 0 Å². The molecule has 2 heterocycles. The third kappa shape index (κ3) is 2.46. The van der Waals surface area contributed by atoms with Crippen LogP contribution in [0.5, 0.6) is 0 Å². The Labute approximate surface area is 132 Å². The zero-order valence-corrected chi connectivity index (χ0v) is 12.2. The Morgan fingerprint density at radius 3 is 2.43 bits per heavy atom. The largest absolute Gasteiger partial charge is 0.467 e. The van der Waals surface area contributed by atoms with Crippen molar-refractivity contribution in [3.8, 4) is 11.3 Å². The topological polar surface area (TPSA) is 67.6 Å². The number of H-pyrrole nitrogens is 1. The van der Waals surface area contributed by atoms with Crippen molar-refractivity contribution in [1.29, 1.82) is 0 Å². The molecule has 0 radical (unpaired) electrons. The summed E-state index contributed by atoms with van der Waals surface area (Å²) in [6, 6.07) is 19.3. The first-order chi connectivity index (χ1) is 11.3. The molecule has 1 atom stereocenters. The molecule has 0 aliphatic carbocycles. The van der Waals surface area contributed by atoms with Crippen LogP contribution in [0.4, 0.5) is 0 Å². The fourth-order valence-corrected chi connectivity index (χ4v) is 2.66. The molecule has 1 aromatic heterocycles. The van der Waals surface area contributed by atoms with Gasteiger partial charge in [0.1, 0.15) is 6.10 Å². The molecule has 0 fully saturated rings. The minimum atomic E-state index is -0.476. The van der Waals surface area contributed by atoms with E-state index in [4.69, 9.17) is 9.26 Å². The second-order valence-electron chi connectivity index (χ2n) is 5.27. The highest BCUT2D eigenvalue weighted by atomic mass is 16.5. The van der Waals surface area contributed by atoms with Crippen LogP contribution in [0.25, 0.3) is 11.3 Å². The first-order valence-corrected chi connectivity index (χ1v) is 7.36. The number of benzene rings is 2. The van der Waals surface area contributed by atoms with Crippen LogP contribution in [-0.4, -0.2) is 17.6 Å². The maximum Gasteiger partial charge on any atom is 0.370 e. The molecule has 3 aromatic rings. The second-order valence-corrected chi connectivity index (χ2v) is 5.27. The summed E-state index contributed by atoms with van der Waals surface area (Å²) in [4.78, 5) is 16.5. The normalized spacial score (nSPS) is 16.9. The van der Waals surface area contributed by atoms with Gasteiger partial charge < -0.3 is 9.26 Å². The Hall–Kier alpha value is -3.08. The van der Waals surface area contributed by atoms with E-state index >= 15 is 0 Å². The number of hydrogen-bond acceptors (Lipinski definition) is 4. The van der Waals surface area contributed by atoms with E-state index in [9.17, 15) is 4.79 Å². The lowest BCUT2D eigenvalue weighted by Gasteiger charge is -2.10. The molecule has 0 amide bonds. The molecule has 1 aliphatic heterocycles. The molecule has 0 saturated carbocycles. The highest BCUT2D eigenvalue weighted by Gasteiger charge is 2.28. The van der Waals surface area contributed by atoms with Crippen LogP contribution >= 0.6 is 0 Å². The zero-order chi connectivity index (χ0) is 15.6. The number of aliphatic imine (C=N–C) groups is 1. The predicted octanol–water partition coefficient (Wildman–Crippen LogP) is 3.15. The van der Waals surface area contributed by atoms with Gasteiger partial charge in [0.2, 0.25) is 5.90 Å². The molecule has 114 valence electrons. The van der Waals surface area contributed by atoms with Gasteiger partial charge in [-0.25, -0.2) is 14.9 Å². The third-order valence-electron chi connectivity index (χ3n) is 3.80. The van der Waals surface area contributed by atoms with Crippen LogP contribution in [0.3, 0.4) is 0 Å². The van der Waals surface area contributed by atoms with Crippen molar-refractivity contribution < 1.29 is 9.26 Å². The average Bonchev–Trinajstić information content (AvgIpc) is 3.23. The van der Waals surface area contributed by atoms with Crippen molar-refractivity contribution in [2.45, 2.75) is 6.10 Å². The second kappa shape index (κ2) is 5.61. The van der Waals surface area contributed by atoms with Crippen LogP contribution in [0.15, 0.2) is 75.0 Å². The van der Waals surface area contributed by atoms with E-state index in [1.54, 1.807) is 0 Å². The molecule has 5 nitrogen and oxygen atoms in total. The van der Waals surface area contributed by atoms with E-state index in [0.29, 0.717) is 23.7 Å². The molecule has 1 aliphatic rings. The van der Waals surface area contributed by atoms with Gasteiger partial charge in [-0.1, -0.05) is 60.7 Å². The number of rotatable bonds is 3. The van der Waals surface area contributed by atoms with E-state index in [-0.39, 0.29) is 6.10 Å². The number of hydrogen-bond donors (Lipinski definition) is 1. The molecule has 4 rings (SSSR count). The maximum absolute atomic E-state index is 12.1. The summed E-state index contributed by atoms with van der Waals surface area (Å²) >= 11 is 0. The third-order valence-corrected chi connectivity index (χ3v) is 3.80. The van der Waals surface area contributed by atoms with E-state index in [1.165, 1.54) is 0 Å².